The molecule has 0 heterocycles. The number of carbonyl (C=O) groups excluding carboxylic acids is 1. The molecule has 0 aliphatic rings. The largest absolute Gasteiger partial charge is 0.396 e. The molecule has 0 fully saturated rings. The summed E-state index contributed by atoms with van der Waals surface area (Å²) in [5.41, 5.74) is 0.581. The third-order valence-corrected chi connectivity index (χ3v) is 2.81. The van der Waals surface area contributed by atoms with Gasteiger partial charge in [0.15, 0.2) is 0 Å². The van der Waals surface area contributed by atoms with Crippen LogP contribution in [0, 0.1) is 5.82 Å². The van der Waals surface area contributed by atoms with Gasteiger partial charge in [-0.2, -0.15) is 0 Å². The number of anilines is 1. The van der Waals surface area contributed by atoms with Crippen molar-refractivity contribution in [3.8, 4) is 0 Å². The molecule has 0 aliphatic carbocycles. The average Bonchev–Trinajstić information content (AvgIpc) is 2.37. The van der Waals surface area contributed by atoms with E-state index in [9.17, 15) is 9.18 Å². The van der Waals surface area contributed by atoms with E-state index >= 15 is 0 Å². The molecule has 0 aromatic heterocycles. The highest BCUT2D eigenvalue weighted by atomic mass is 19.1. The number of benzene rings is 1. The van der Waals surface area contributed by atoms with Crippen LogP contribution in [-0.4, -0.2) is 41.7 Å². The highest BCUT2D eigenvalue weighted by Crippen LogP contribution is 2.08. The van der Waals surface area contributed by atoms with E-state index < -0.39 is 0 Å². The Morgan fingerprint density at radius 3 is 2.53 bits per heavy atom. The SMILES string of the molecule is CC(C)N(CCCO)CC(=O)Nc1ccc(F)cc1. The standard InChI is InChI=1S/C14H21FN2O2/c1-11(2)17(8-3-9-18)10-14(19)16-13-6-4-12(15)5-7-13/h4-7,11,18H,3,8-10H2,1-2H3,(H,16,19). The maximum Gasteiger partial charge on any atom is 0.238 e. The topological polar surface area (TPSA) is 52.6 Å². The number of aliphatic hydroxyl groups is 1. The van der Waals surface area contributed by atoms with Gasteiger partial charge in [-0.05, 0) is 44.5 Å². The first-order valence-electron chi connectivity index (χ1n) is 6.43. The first-order chi connectivity index (χ1) is 9.02. The number of halogens is 1. The second-order valence-corrected chi connectivity index (χ2v) is 4.70. The second kappa shape index (κ2) is 7.86. The fourth-order valence-corrected chi connectivity index (χ4v) is 1.71. The maximum absolute atomic E-state index is 12.7. The summed E-state index contributed by atoms with van der Waals surface area (Å²) in [4.78, 5) is 13.8. The van der Waals surface area contributed by atoms with Gasteiger partial charge in [-0.15, -0.1) is 0 Å². The normalized spacial score (nSPS) is 11.1. The lowest BCUT2D eigenvalue weighted by atomic mass is 10.2. The van der Waals surface area contributed by atoms with Gasteiger partial charge in [-0.25, -0.2) is 4.39 Å². The van der Waals surface area contributed by atoms with Crippen LogP contribution in [-0.2, 0) is 4.79 Å². The number of aliphatic hydroxyl groups excluding tert-OH is 1. The second-order valence-electron chi connectivity index (χ2n) is 4.70. The summed E-state index contributed by atoms with van der Waals surface area (Å²) in [6.07, 6.45) is 0.641. The molecule has 1 aromatic carbocycles. The molecule has 0 radical (unpaired) electrons. The van der Waals surface area contributed by atoms with Crippen molar-refractivity contribution < 1.29 is 14.3 Å². The monoisotopic (exact) mass is 268 g/mol. The van der Waals surface area contributed by atoms with E-state index in [1.807, 2.05) is 18.7 Å². The van der Waals surface area contributed by atoms with Gasteiger partial charge >= 0.3 is 0 Å². The fourth-order valence-electron chi connectivity index (χ4n) is 1.71. The predicted octanol–water partition coefficient (Wildman–Crippen LogP) is 1.86. The van der Waals surface area contributed by atoms with Gasteiger partial charge in [0, 0.05) is 24.9 Å². The Morgan fingerprint density at radius 2 is 2.00 bits per heavy atom. The van der Waals surface area contributed by atoms with Gasteiger partial charge in [0.25, 0.3) is 0 Å². The van der Waals surface area contributed by atoms with E-state index in [2.05, 4.69) is 5.32 Å². The highest BCUT2D eigenvalue weighted by Gasteiger charge is 2.13. The zero-order valence-corrected chi connectivity index (χ0v) is 11.4. The summed E-state index contributed by atoms with van der Waals surface area (Å²) in [6, 6.07) is 5.90. The number of hydrogen-bond donors (Lipinski definition) is 2. The molecule has 0 spiro atoms. The van der Waals surface area contributed by atoms with Crippen LogP contribution in [0.4, 0.5) is 10.1 Å². The molecule has 2 N–H and O–H groups in total. The Kier molecular flexibility index (Phi) is 6.45. The first-order valence-corrected chi connectivity index (χ1v) is 6.43. The molecule has 0 aliphatic heterocycles. The van der Waals surface area contributed by atoms with Crippen molar-refractivity contribution in [1.29, 1.82) is 0 Å². The van der Waals surface area contributed by atoms with Crippen LogP contribution in [0.25, 0.3) is 0 Å². The minimum atomic E-state index is -0.329. The van der Waals surface area contributed by atoms with Crippen molar-refractivity contribution in [2.24, 2.45) is 0 Å². The highest BCUT2D eigenvalue weighted by molar-refractivity contribution is 5.92. The molecule has 0 atom stereocenters. The summed E-state index contributed by atoms with van der Waals surface area (Å²) >= 11 is 0. The van der Waals surface area contributed by atoms with Crippen LogP contribution in [0.5, 0.6) is 0 Å². The molecular weight excluding hydrogens is 247 g/mol. The lowest BCUT2D eigenvalue weighted by molar-refractivity contribution is -0.117. The van der Waals surface area contributed by atoms with Crippen LogP contribution in [0.2, 0.25) is 0 Å². The predicted molar refractivity (Wildman–Crippen MR) is 73.4 cm³/mol. The summed E-state index contributed by atoms with van der Waals surface area (Å²) in [7, 11) is 0. The van der Waals surface area contributed by atoms with Gasteiger partial charge < -0.3 is 10.4 Å². The zero-order chi connectivity index (χ0) is 14.3. The smallest absolute Gasteiger partial charge is 0.238 e. The molecule has 1 rings (SSSR count). The molecule has 106 valence electrons. The van der Waals surface area contributed by atoms with E-state index in [4.69, 9.17) is 5.11 Å². The number of amides is 1. The summed E-state index contributed by atoms with van der Waals surface area (Å²) in [5, 5.41) is 11.6. The van der Waals surface area contributed by atoms with E-state index in [0.717, 1.165) is 0 Å². The van der Waals surface area contributed by atoms with Crippen molar-refractivity contribution in [3.05, 3.63) is 30.1 Å². The van der Waals surface area contributed by atoms with Gasteiger partial charge in [0.1, 0.15) is 5.82 Å². The maximum atomic E-state index is 12.7. The lowest BCUT2D eigenvalue weighted by Gasteiger charge is -2.25. The third-order valence-electron chi connectivity index (χ3n) is 2.81. The third kappa shape index (κ3) is 5.81. The zero-order valence-electron chi connectivity index (χ0n) is 11.4. The van der Waals surface area contributed by atoms with Crippen molar-refractivity contribution in [2.75, 3.05) is 25.0 Å². The van der Waals surface area contributed by atoms with Crippen molar-refractivity contribution >= 4 is 11.6 Å². The Labute approximate surface area is 113 Å². The minimum absolute atomic E-state index is 0.114. The molecule has 4 nitrogen and oxygen atoms in total. The minimum Gasteiger partial charge on any atom is -0.396 e. The number of nitrogens with one attached hydrogen (secondary N) is 1. The van der Waals surface area contributed by atoms with Gasteiger partial charge in [0.05, 0.1) is 6.54 Å². The molecule has 1 aromatic rings. The van der Waals surface area contributed by atoms with Gasteiger partial charge in [-0.3, -0.25) is 9.69 Å². The quantitative estimate of drug-likeness (QED) is 0.793. The van der Waals surface area contributed by atoms with E-state index in [1.165, 1.54) is 24.3 Å². The lowest BCUT2D eigenvalue weighted by Crippen LogP contribution is -2.38. The first kappa shape index (κ1) is 15.6. The van der Waals surface area contributed by atoms with Crippen LogP contribution in [0.15, 0.2) is 24.3 Å². The molecule has 0 saturated carbocycles. The van der Waals surface area contributed by atoms with Crippen molar-refractivity contribution in [1.82, 2.24) is 4.90 Å². The van der Waals surface area contributed by atoms with Gasteiger partial charge in [0.2, 0.25) is 5.91 Å². The molecule has 5 heteroatoms. The number of nitrogens with zero attached hydrogens (tertiary/aromatic N) is 1. The Balaban J connectivity index is 2.50. The number of rotatable bonds is 7. The van der Waals surface area contributed by atoms with Crippen LogP contribution in [0.3, 0.4) is 0 Å². The Bertz CT molecular complexity index is 393. The molecular formula is C14H21FN2O2. The molecule has 0 saturated heterocycles. The van der Waals surface area contributed by atoms with Crippen LogP contribution < -0.4 is 5.32 Å². The van der Waals surface area contributed by atoms with Crippen molar-refractivity contribution in [2.45, 2.75) is 26.3 Å². The molecule has 0 unspecified atom stereocenters. The summed E-state index contributed by atoms with van der Waals surface area (Å²) in [5.74, 6) is -0.469. The summed E-state index contributed by atoms with van der Waals surface area (Å²) < 4.78 is 12.7. The molecule has 1 amide bonds. The van der Waals surface area contributed by atoms with Gasteiger partial charge in [-0.1, -0.05) is 0 Å². The van der Waals surface area contributed by atoms with Crippen molar-refractivity contribution in [3.63, 3.8) is 0 Å². The average molecular weight is 268 g/mol. The number of carbonyl (C=O) groups is 1. The summed E-state index contributed by atoms with van der Waals surface area (Å²) in [6.45, 7) is 5.05. The molecule has 19 heavy (non-hydrogen) atoms. The number of hydrogen-bond acceptors (Lipinski definition) is 3. The van der Waals surface area contributed by atoms with E-state index in [0.29, 0.717) is 18.7 Å². The van der Waals surface area contributed by atoms with Crippen LogP contribution in [0.1, 0.15) is 20.3 Å². The van der Waals surface area contributed by atoms with E-state index in [1.54, 1.807) is 0 Å². The Morgan fingerprint density at radius 1 is 1.37 bits per heavy atom. The van der Waals surface area contributed by atoms with E-state index in [-0.39, 0.29) is 30.9 Å². The fraction of sp³-hybridized carbons (Fsp3) is 0.500. The van der Waals surface area contributed by atoms with Crippen LogP contribution >= 0.6 is 0 Å². The Hall–Kier alpha value is -1.46. The molecule has 0 bridgehead atoms.